The second-order valence-corrected chi connectivity index (χ2v) is 6.08. The molecule has 1 saturated carbocycles. The summed E-state index contributed by atoms with van der Waals surface area (Å²) < 4.78 is 0. The molecule has 0 bridgehead atoms. The predicted octanol–water partition coefficient (Wildman–Crippen LogP) is 2.87. The number of aryl methyl sites for hydroxylation is 1. The van der Waals surface area contributed by atoms with Crippen LogP contribution in [0.2, 0.25) is 0 Å². The van der Waals surface area contributed by atoms with Crippen molar-refractivity contribution in [2.24, 2.45) is 5.73 Å². The fourth-order valence-corrected chi connectivity index (χ4v) is 3.51. The zero-order chi connectivity index (χ0) is 11.8. The molecule has 3 nitrogen and oxygen atoms in total. The summed E-state index contributed by atoms with van der Waals surface area (Å²) in [6, 6.07) is 4.82. The zero-order valence-corrected chi connectivity index (χ0v) is 10.9. The van der Waals surface area contributed by atoms with E-state index in [1.165, 1.54) is 41.1 Å². The topological polar surface area (TPSA) is 38.5 Å². The minimum absolute atomic E-state index is 0.284. The highest BCUT2D eigenvalue weighted by Gasteiger charge is 2.32. The van der Waals surface area contributed by atoms with E-state index in [1.807, 2.05) is 6.08 Å². The van der Waals surface area contributed by atoms with Gasteiger partial charge in [0.15, 0.2) is 6.23 Å². The maximum atomic E-state index is 5.89. The average Bonchev–Trinajstić information content (AvgIpc) is 2.96. The summed E-state index contributed by atoms with van der Waals surface area (Å²) in [6.07, 6.45) is 6.78. The quantitative estimate of drug-likeness (QED) is 0.877. The van der Waals surface area contributed by atoms with Gasteiger partial charge in [0, 0.05) is 4.88 Å². The van der Waals surface area contributed by atoms with Gasteiger partial charge in [0.2, 0.25) is 0 Å². The van der Waals surface area contributed by atoms with E-state index in [0.717, 1.165) is 0 Å². The van der Waals surface area contributed by atoms with Gasteiger partial charge in [0.05, 0.1) is 16.6 Å². The average molecular weight is 250 g/mol. The highest BCUT2D eigenvalue weighted by atomic mass is 32.1. The number of hydroxylamine groups is 2. The zero-order valence-electron chi connectivity index (χ0n) is 10.1. The third-order valence-corrected chi connectivity index (χ3v) is 4.47. The number of hydrogen-bond acceptors (Lipinski definition) is 4. The Morgan fingerprint density at radius 3 is 2.76 bits per heavy atom. The number of thiophene rings is 1. The number of rotatable bonds is 2. The molecule has 1 fully saturated rings. The molecule has 3 rings (SSSR count). The van der Waals surface area contributed by atoms with Crippen LogP contribution in [0.3, 0.4) is 0 Å². The maximum absolute atomic E-state index is 5.89. The van der Waals surface area contributed by atoms with E-state index in [-0.39, 0.29) is 6.23 Å². The molecule has 1 aliphatic heterocycles. The highest BCUT2D eigenvalue weighted by molar-refractivity contribution is 7.13. The molecule has 0 amide bonds. The van der Waals surface area contributed by atoms with Crippen LogP contribution in [-0.4, -0.2) is 17.3 Å². The Morgan fingerprint density at radius 1 is 1.35 bits per heavy atom. The standard InChI is InChI=1S/C13H18N2OS/c1-9-6-7-12(17-9)11-8-13(14)16-15(11)10-4-2-3-5-10/h6-8,10,13H,2-5,14H2,1H3. The van der Waals surface area contributed by atoms with E-state index in [9.17, 15) is 0 Å². The van der Waals surface area contributed by atoms with Gasteiger partial charge in [-0.25, -0.2) is 5.06 Å². The lowest BCUT2D eigenvalue weighted by molar-refractivity contribution is -0.144. The van der Waals surface area contributed by atoms with Gasteiger partial charge >= 0.3 is 0 Å². The predicted molar refractivity (Wildman–Crippen MR) is 70.2 cm³/mol. The number of nitrogens with zero attached hydrogens (tertiary/aromatic N) is 1. The first-order chi connectivity index (χ1) is 8.24. The lowest BCUT2D eigenvalue weighted by Crippen LogP contribution is -2.32. The van der Waals surface area contributed by atoms with Gasteiger partial charge in [-0.2, -0.15) is 0 Å². The molecular formula is C13H18N2OS. The van der Waals surface area contributed by atoms with Crippen LogP contribution in [0.4, 0.5) is 0 Å². The van der Waals surface area contributed by atoms with Crippen molar-refractivity contribution in [3.63, 3.8) is 0 Å². The molecule has 1 atom stereocenters. The largest absolute Gasteiger partial charge is 0.301 e. The normalized spacial score (nSPS) is 25.6. The van der Waals surface area contributed by atoms with Crippen LogP contribution in [0.1, 0.15) is 35.4 Å². The van der Waals surface area contributed by atoms with E-state index < -0.39 is 0 Å². The van der Waals surface area contributed by atoms with Crippen molar-refractivity contribution in [1.82, 2.24) is 5.06 Å². The van der Waals surface area contributed by atoms with Crippen molar-refractivity contribution in [3.8, 4) is 0 Å². The van der Waals surface area contributed by atoms with E-state index in [0.29, 0.717) is 6.04 Å². The molecule has 0 spiro atoms. The third kappa shape index (κ3) is 2.12. The molecule has 0 radical (unpaired) electrons. The Kier molecular flexibility index (Phi) is 2.94. The number of hydrogen-bond donors (Lipinski definition) is 1. The summed E-state index contributed by atoms with van der Waals surface area (Å²) in [6.45, 7) is 2.13. The number of nitrogens with two attached hydrogens (primary N) is 1. The molecule has 0 aromatic carbocycles. The van der Waals surface area contributed by atoms with Gasteiger partial charge in [-0.1, -0.05) is 12.8 Å². The van der Waals surface area contributed by atoms with Crippen molar-refractivity contribution < 1.29 is 4.84 Å². The lowest BCUT2D eigenvalue weighted by Gasteiger charge is -2.27. The van der Waals surface area contributed by atoms with Gasteiger partial charge in [-0.05, 0) is 38.0 Å². The highest BCUT2D eigenvalue weighted by Crippen LogP contribution is 2.36. The molecule has 2 aliphatic rings. The SMILES string of the molecule is Cc1ccc(C2=CC(N)ON2C2CCCC2)s1. The smallest absolute Gasteiger partial charge is 0.155 e. The van der Waals surface area contributed by atoms with E-state index >= 15 is 0 Å². The summed E-state index contributed by atoms with van der Waals surface area (Å²) in [4.78, 5) is 8.34. The summed E-state index contributed by atoms with van der Waals surface area (Å²) in [5.74, 6) is 0. The first-order valence-electron chi connectivity index (χ1n) is 6.24. The van der Waals surface area contributed by atoms with Crippen molar-refractivity contribution in [2.45, 2.75) is 44.9 Å². The Morgan fingerprint density at radius 2 is 2.12 bits per heavy atom. The second kappa shape index (κ2) is 4.44. The van der Waals surface area contributed by atoms with Crippen LogP contribution in [-0.2, 0) is 4.84 Å². The van der Waals surface area contributed by atoms with Gasteiger partial charge in [-0.3, -0.25) is 4.84 Å². The fourth-order valence-electron chi connectivity index (χ4n) is 2.63. The van der Waals surface area contributed by atoms with Crippen LogP contribution in [0.15, 0.2) is 18.2 Å². The Hall–Kier alpha value is -0.840. The van der Waals surface area contributed by atoms with Gasteiger partial charge in [0.1, 0.15) is 0 Å². The maximum Gasteiger partial charge on any atom is 0.155 e. The molecule has 1 aliphatic carbocycles. The van der Waals surface area contributed by atoms with Crippen LogP contribution >= 0.6 is 11.3 Å². The molecule has 92 valence electrons. The summed E-state index contributed by atoms with van der Waals surface area (Å²) >= 11 is 1.80. The summed E-state index contributed by atoms with van der Waals surface area (Å²) in [7, 11) is 0. The molecule has 2 heterocycles. The monoisotopic (exact) mass is 250 g/mol. The van der Waals surface area contributed by atoms with Crippen molar-refractivity contribution in [1.29, 1.82) is 0 Å². The van der Waals surface area contributed by atoms with E-state index in [2.05, 4.69) is 24.1 Å². The van der Waals surface area contributed by atoms with Crippen LogP contribution in [0.5, 0.6) is 0 Å². The Bertz CT molecular complexity index is 434. The van der Waals surface area contributed by atoms with Crippen molar-refractivity contribution in [2.75, 3.05) is 0 Å². The van der Waals surface area contributed by atoms with Gasteiger partial charge < -0.3 is 5.73 Å². The van der Waals surface area contributed by atoms with Crippen molar-refractivity contribution >= 4 is 17.0 Å². The molecule has 1 aromatic rings. The molecule has 0 saturated heterocycles. The molecule has 2 N–H and O–H groups in total. The lowest BCUT2D eigenvalue weighted by atomic mass is 10.2. The van der Waals surface area contributed by atoms with Gasteiger partial charge in [-0.15, -0.1) is 11.3 Å². The first kappa shape index (κ1) is 11.3. The summed E-state index contributed by atoms with van der Waals surface area (Å²) in [5.41, 5.74) is 7.06. The Labute approximate surface area is 106 Å². The minimum atomic E-state index is -0.284. The van der Waals surface area contributed by atoms with E-state index in [1.54, 1.807) is 11.3 Å². The molecule has 4 heteroatoms. The van der Waals surface area contributed by atoms with E-state index in [4.69, 9.17) is 10.6 Å². The molecule has 1 aromatic heterocycles. The minimum Gasteiger partial charge on any atom is -0.301 e. The second-order valence-electron chi connectivity index (χ2n) is 4.80. The van der Waals surface area contributed by atoms with Crippen LogP contribution in [0.25, 0.3) is 5.70 Å². The Balaban J connectivity index is 1.87. The van der Waals surface area contributed by atoms with Gasteiger partial charge in [0.25, 0.3) is 0 Å². The third-order valence-electron chi connectivity index (χ3n) is 3.44. The fraction of sp³-hybridized carbons (Fsp3) is 0.538. The first-order valence-corrected chi connectivity index (χ1v) is 7.06. The summed E-state index contributed by atoms with van der Waals surface area (Å²) in [5, 5.41) is 2.06. The van der Waals surface area contributed by atoms with Crippen LogP contribution in [0, 0.1) is 6.92 Å². The van der Waals surface area contributed by atoms with Crippen LogP contribution < -0.4 is 5.73 Å². The van der Waals surface area contributed by atoms with Crippen molar-refractivity contribution in [3.05, 3.63) is 28.0 Å². The molecule has 1 unspecified atom stereocenters. The molecule has 17 heavy (non-hydrogen) atoms. The molecular weight excluding hydrogens is 232 g/mol.